The summed E-state index contributed by atoms with van der Waals surface area (Å²) in [6.07, 6.45) is 0. The lowest BCUT2D eigenvalue weighted by atomic mass is 10.1. The van der Waals surface area contributed by atoms with Gasteiger partial charge in [0.15, 0.2) is 11.1 Å². The highest BCUT2D eigenvalue weighted by atomic mass is 35.5. The van der Waals surface area contributed by atoms with Crippen LogP contribution in [0.4, 0.5) is 5.69 Å². The normalized spacial score (nSPS) is 17.4. The number of hydrogen-bond acceptors (Lipinski definition) is 5. The number of carbonyl (C=O) groups is 1. The minimum atomic E-state index is -2.21. The monoisotopic (exact) mass is 409 g/mol. The van der Waals surface area contributed by atoms with Crippen molar-refractivity contribution in [1.82, 2.24) is 10.4 Å². The maximum Gasteiger partial charge on any atom is 0.275 e. The highest BCUT2D eigenvalue weighted by Crippen LogP contribution is 2.29. The largest absolute Gasteiger partial charge is 0.369 e. The van der Waals surface area contributed by atoms with Crippen LogP contribution in [0.1, 0.15) is 21.3 Å². The molecule has 27 heavy (non-hydrogen) atoms. The topological polar surface area (TPSA) is 93.1 Å². The lowest BCUT2D eigenvalue weighted by Crippen LogP contribution is -2.48. The number of rotatable bonds is 5. The molecule has 9 heteroatoms. The van der Waals surface area contributed by atoms with Crippen molar-refractivity contribution in [2.75, 3.05) is 31.1 Å². The summed E-state index contributed by atoms with van der Waals surface area (Å²) >= 11 is 3.72. The number of anilines is 1. The van der Waals surface area contributed by atoms with E-state index in [1.54, 1.807) is 23.7 Å². The molecular formula is C18H20ClN3O4S. The highest BCUT2D eigenvalue weighted by Gasteiger charge is 2.31. The van der Waals surface area contributed by atoms with E-state index in [0.29, 0.717) is 36.8 Å². The Labute approximate surface area is 164 Å². The number of carbonyl (C=O) groups excluding carboxylic acids is 1. The summed E-state index contributed by atoms with van der Waals surface area (Å²) in [5, 5.41) is 8.77. The van der Waals surface area contributed by atoms with Gasteiger partial charge in [0, 0.05) is 42.5 Å². The summed E-state index contributed by atoms with van der Waals surface area (Å²) < 4.78 is 22.0. The van der Waals surface area contributed by atoms with E-state index < -0.39 is 22.4 Å². The maximum absolute atomic E-state index is 12.1. The number of nitrogens with zero attached hydrogens (tertiary/aromatic N) is 2. The van der Waals surface area contributed by atoms with Gasteiger partial charge in [0.05, 0.1) is 0 Å². The van der Waals surface area contributed by atoms with Gasteiger partial charge in [-0.2, -0.15) is 0 Å². The van der Waals surface area contributed by atoms with E-state index in [9.17, 15) is 13.6 Å². The molecule has 1 aliphatic rings. The van der Waals surface area contributed by atoms with E-state index in [-0.39, 0.29) is 5.56 Å². The molecule has 3 N–H and O–H groups in total. The molecule has 1 heterocycles. The molecule has 0 aliphatic carbocycles. The van der Waals surface area contributed by atoms with Crippen molar-refractivity contribution < 1.29 is 18.8 Å². The van der Waals surface area contributed by atoms with Gasteiger partial charge in [-0.05, 0) is 35.9 Å². The average molecular weight is 410 g/mol. The summed E-state index contributed by atoms with van der Waals surface area (Å²) in [5.74, 6) is -0.708. The molecule has 2 atom stereocenters. The number of hydrogen-bond donors (Lipinski definition) is 3. The molecule has 0 aromatic heterocycles. The Morgan fingerprint density at radius 2 is 1.70 bits per heavy atom. The third-order valence-corrected chi connectivity index (χ3v) is 5.79. The smallest absolute Gasteiger partial charge is 0.275 e. The lowest BCUT2D eigenvalue weighted by Gasteiger charge is -2.39. The zero-order valence-electron chi connectivity index (χ0n) is 14.4. The number of halogens is 1. The average Bonchev–Trinajstić information content (AvgIpc) is 2.69. The van der Waals surface area contributed by atoms with Gasteiger partial charge < -0.3 is 9.45 Å². The fourth-order valence-corrected chi connectivity index (χ4v) is 4.29. The van der Waals surface area contributed by atoms with E-state index in [1.807, 2.05) is 29.2 Å². The Morgan fingerprint density at radius 1 is 1.07 bits per heavy atom. The summed E-state index contributed by atoms with van der Waals surface area (Å²) in [7, 11) is 0. The summed E-state index contributed by atoms with van der Waals surface area (Å²) in [4.78, 5) is 16.0. The van der Waals surface area contributed by atoms with Crippen LogP contribution in [0.3, 0.4) is 0 Å². The minimum absolute atomic E-state index is 0.174. The molecule has 2 aromatic rings. The van der Waals surface area contributed by atoms with Crippen LogP contribution in [0.15, 0.2) is 48.5 Å². The Hall–Kier alpha value is -1.97. The van der Waals surface area contributed by atoms with Crippen molar-refractivity contribution in [3.8, 4) is 0 Å². The number of benzene rings is 2. The van der Waals surface area contributed by atoms with Gasteiger partial charge in [-0.25, -0.2) is 9.69 Å². The van der Waals surface area contributed by atoms with Gasteiger partial charge in [-0.15, -0.1) is 0 Å². The Morgan fingerprint density at radius 3 is 2.30 bits per heavy atom. The second-order valence-corrected chi connectivity index (χ2v) is 7.59. The van der Waals surface area contributed by atoms with Crippen LogP contribution in [0.5, 0.6) is 0 Å². The van der Waals surface area contributed by atoms with Crippen molar-refractivity contribution in [3.05, 3.63) is 64.7 Å². The lowest BCUT2D eigenvalue weighted by molar-refractivity contribution is 0.0703. The molecule has 1 fully saturated rings. The van der Waals surface area contributed by atoms with Crippen LogP contribution < -0.4 is 10.4 Å². The van der Waals surface area contributed by atoms with Crippen LogP contribution in [0.2, 0.25) is 5.02 Å². The summed E-state index contributed by atoms with van der Waals surface area (Å²) in [6, 6.07) is 14.1. The second kappa shape index (κ2) is 8.81. The molecule has 0 spiro atoms. The zero-order chi connectivity index (χ0) is 19.4. The van der Waals surface area contributed by atoms with E-state index in [2.05, 4.69) is 4.90 Å². The van der Waals surface area contributed by atoms with Crippen molar-refractivity contribution in [3.63, 3.8) is 0 Å². The van der Waals surface area contributed by atoms with Gasteiger partial charge in [-0.1, -0.05) is 29.8 Å². The van der Waals surface area contributed by atoms with E-state index >= 15 is 0 Å². The zero-order valence-corrected chi connectivity index (χ0v) is 16.0. The molecule has 1 saturated heterocycles. The van der Waals surface area contributed by atoms with Gasteiger partial charge in [0.2, 0.25) is 0 Å². The SMILES string of the molecule is O=C(NO)c1ccccc1C(N1CCN(c2ccc(Cl)cc2)CC1)S(=O)O. The molecular weight excluding hydrogens is 390 g/mol. The fraction of sp³-hybridized carbons (Fsp3) is 0.278. The molecule has 0 radical (unpaired) electrons. The van der Waals surface area contributed by atoms with Crippen LogP contribution >= 0.6 is 11.6 Å². The minimum Gasteiger partial charge on any atom is -0.369 e. The summed E-state index contributed by atoms with van der Waals surface area (Å²) in [6.45, 7) is 2.44. The van der Waals surface area contributed by atoms with Gasteiger partial charge >= 0.3 is 0 Å². The van der Waals surface area contributed by atoms with Crippen LogP contribution in [-0.4, -0.2) is 51.0 Å². The Kier molecular flexibility index (Phi) is 6.46. The predicted octanol–water partition coefficient (Wildman–Crippen LogP) is 2.50. The first-order valence-corrected chi connectivity index (χ1v) is 9.93. The first kappa shape index (κ1) is 19.8. The molecule has 1 aliphatic heterocycles. The van der Waals surface area contributed by atoms with Crippen LogP contribution in [0, 0.1) is 0 Å². The molecule has 2 aromatic carbocycles. The molecule has 0 bridgehead atoms. The van der Waals surface area contributed by atoms with Crippen molar-refractivity contribution >= 4 is 34.3 Å². The molecule has 0 saturated carbocycles. The molecule has 7 nitrogen and oxygen atoms in total. The van der Waals surface area contributed by atoms with Gasteiger partial charge in [0.1, 0.15) is 5.37 Å². The maximum atomic E-state index is 12.1. The molecule has 144 valence electrons. The number of nitrogens with one attached hydrogen (secondary N) is 1. The molecule has 1 amide bonds. The van der Waals surface area contributed by atoms with Crippen molar-refractivity contribution in [1.29, 1.82) is 0 Å². The molecule has 2 unspecified atom stereocenters. The first-order valence-electron chi connectivity index (χ1n) is 8.39. The van der Waals surface area contributed by atoms with Crippen LogP contribution in [-0.2, 0) is 11.1 Å². The Bertz CT molecular complexity index is 826. The number of amides is 1. The second-order valence-electron chi connectivity index (χ2n) is 6.16. The third kappa shape index (κ3) is 4.48. The third-order valence-electron chi connectivity index (χ3n) is 4.60. The van der Waals surface area contributed by atoms with Gasteiger partial charge in [-0.3, -0.25) is 14.9 Å². The van der Waals surface area contributed by atoms with E-state index in [0.717, 1.165) is 5.69 Å². The fourth-order valence-electron chi connectivity index (χ4n) is 3.28. The quantitative estimate of drug-likeness (QED) is 0.399. The highest BCUT2D eigenvalue weighted by molar-refractivity contribution is 7.79. The molecule has 3 rings (SSSR count). The van der Waals surface area contributed by atoms with Crippen molar-refractivity contribution in [2.45, 2.75) is 5.37 Å². The summed E-state index contributed by atoms with van der Waals surface area (Å²) in [5.41, 5.74) is 3.22. The van der Waals surface area contributed by atoms with Crippen molar-refractivity contribution in [2.24, 2.45) is 0 Å². The standard InChI is InChI=1S/C18H20ClN3O4S/c19-13-5-7-14(8-6-13)21-9-11-22(12-10-21)18(27(25)26)16-4-2-1-3-15(16)17(23)20-24/h1-8,18,24H,9-12H2,(H,20,23)(H,25,26). The van der Waals surface area contributed by atoms with Gasteiger partial charge in [0.25, 0.3) is 5.91 Å². The van der Waals surface area contributed by atoms with Crippen LogP contribution in [0.25, 0.3) is 0 Å². The Balaban J connectivity index is 1.79. The van der Waals surface area contributed by atoms with E-state index in [1.165, 1.54) is 6.07 Å². The number of piperazine rings is 1. The predicted molar refractivity (Wildman–Crippen MR) is 104 cm³/mol. The first-order chi connectivity index (χ1) is 13.0. The number of hydroxylamine groups is 1. The van der Waals surface area contributed by atoms with E-state index in [4.69, 9.17) is 16.8 Å².